The average molecular weight is 188 g/mol. The van der Waals surface area contributed by atoms with E-state index >= 15 is 0 Å². The van der Waals surface area contributed by atoms with Crippen molar-refractivity contribution in [2.75, 3.05) is 0 Å². The van der Waals surface area contributed by atoms with Crippen molar-refractivity contribution in [3.63, 3.8) is 0 Å². The number of aryl methyl sites for hydroxylation is 2. The molecule has 4 heteroatoms. The highest BCUT2D eigenvalue weighted by Crippen LogP contribution is 2.05. The molecular weight excluding hydrogens is 176 g/mol. The Balaban J connectivity index is 2.39. The van der Waals surface area contributed by atoms with Crippen LogP contribution in [-0.4, -0.2) is 19.5 Å². The van der Waals surface area contributed by atoms with Crippen molar-refractivity contribution in [1.82, 2.24) is 19.5 Å². The van der Waals surface area contributed by atoms with E-state index in [1.54, 1.807) is 18.6 Å². The molecule has 0 aromatic carbocycles. The van der Waals surface area contributed by atoms with Gasteiger partial charge in [0, 0.05) is 12.4 Å². The van der Waals surface area contributed by atoms with Crippen LogP contribution in [0.15, 0.2) is 24.8 Å². The Hall–Kier alpha value is -1.71. The molecule has 0 fully saturated rings. The van der Waals surface area contributed by atoms with Gasteiger partial charge >= 0.3 is 0 Å². The van der Waals surface area contributed by atoms with Gasteiger partial charge in [0.25, 0.3) is 0 Å². The van der Waals surface area contributed by atoms with E-state index in [2.05, 4.69) is 21.9 Å². The minimum atomic E-state index is 0.817. The molecule has 2 heterocycles. The zero-order chi connectivity index (χ0) is 9.97. The summed E-state index contributed by atoms with van der Waals surface area (Å²) in [6.07, 6.45) is 8.12. The maximum absolute atomic E-state index is 4.31. The quantitative estimate of drug-likeness (QED) is 0.717. The summed E-state index contributed by atoms with van der Waals surface area (Å²) in [7, 11) is 0. The Morgan fingerprint density at radius 2 is 2.07 bits per heavy atom. The average Bonchev–Trinajstić information content (AvgIpc) is 2.65. The molecule has 0 amide bonds. The van der Waals surface area contributed by atoms with Crippen LogP contribution in [0.2, 0.25) is 0 Å². The van der Waals surface area contributed by atoms with Gasteiger partial charge < -0.3 is 0 Å². The van der Waals surface area contributed by atoms with Crippen LogP contribution in [0, 0.1) is 6.92 Å². The van der Waals surface area contributed by atoms with Crippen LogP contribution >= 0.6 is 0 Å². The summed E-state index contributed by atoms with van der Waals surface area (Å²) in [6.45, 7) is 4.00. The van der Waals surface area contributed by atoms with Crippen molar-refractivity contribution < 1.29 is 0 Å². The molecule has 14 heavy (non-hydrogen) atoms. The smallest absolute Gasteiger partial charge is 0.156 e. The molecule has 0 saturated heterocycles. The fourth-order valence-corrected chi connectivity index (χ4v) is 1.28. The fourth-order valence-electron chi connectivity index (χ4n) is 1.28. The first-order valence-corrected chi connectivity index (χ1v) is 4.62. The van der Waals surface area contributed by atoms with Crippen LogP contribution in [0.5, 0.6) is 0 Å². The number of rotatable bonds is 2. The lowest BCUT2D eigenvalue weighted by Gasteiger charge is -2.03. The second-order valence-corrected chi connectivity index (χ2v) is 3.06. The number of imidazole rings is 1. The van der Waals surface area contributed by atoms with Gasteiger partial charge in [0.2, 0.25) is 0 Å². The Morgan fingerprint density at radius 3 is 2.57 bits per heavy atom. The van der Waals surface area contributed by atoms with E-state index in [-0.39, 0.29) is 0 Å². The summed E-state index contributed by atoms with van der Waals surface area (Å²) in [4.78, 5) is 12.7. The Labute approximate surface area is 82.7 Å². The molecule has 0 bridgehead atoms. The maximum atomic E-state index is 4.31. The molecule has 0 spiro atoms. The lowest BCUT2D eigenvalue weighted by Crippen LogP contribution is -2.00. The SMILES string of the molecule is CCc1cnc(-n2ccnc2C)cn1. The van der Waals surface area contributed by atoms with Crippen LogP contribution in [0.4, 0.5) is 0 Å². The van der Waals surface area contributed by atoms with Crippen molar-refractivity contribution in [1.29, 1.82) is 0 Å². The van der Waals surface area contributed by atoms with E-state index in [1.807, 2.05) is 17.7 Å². The Morgan fingerprint density at radius 1 is 1.21 bits per heavy atom. The summed E-state index contributed by atoms with van der Waals surface area (Å²) in [5.41, 5.74) is 1.01. The van der Waals surface area contributed by atoms with Crippen LogP contribution in [0.25, 0.3) is 5.82 Å². The van der Waals surface area contributed by atoms with Gasteiger partial charge in [0.1, 0.15) is 5.82 Å². The lowest BCUT2D eigenvalue weighted by molar-refractivity contribution is 0.896. The second kappa shape index (κ2) is 3.57. The number of aromatic nitrogens is 4. The van der Waals surface area contributed by atoms with Crippen LogP contribution < -0.4 is 0 Å². The molecule has 4 nitrogen and oxygen atoms in total. The highest BCUT2D eigenvalue weighted by molar-refractivity contribution is 5.21. The minimum Gasteiger partial charge on any atom is -0.287 e. The van der Waals surface area contributed by atoms with Gasteiger partial charge in [-0.1, -0.05) is 6.92 Å². The molecule has 0 aliphatic heterocycles. The molecule has 2 rings (SSSR count). The van der Waals surface area contributed by atoms with Crippen molar-refractivity contribution in [3.8, 4) is 5.82 Å². The normalized spacial score (nSPS) is 10.4. The van der Waals surface area contributed by atoms with Gasteiger partial charge in [-0.25, -0.2) is 9.97 Å². The van der Waals surface area contributed by atoms with E-state index in [1.165, 1.54) is 0 Å². The Kier molecular flexibility index (Phi) is 2.26. The second-order valence-electron chi connectivity index (χ2n) is 3.06. The highest BCUT2D eigenvalue weighted by atomic mass is 15.1. The first-order valence-electron chi connectivity index (χ1n) is 4.62. The standard InChI is InChI=1S/C10H12N4/c1-3-9-6-13-10(7-12-9)14-5-4-11-8(14)2/h4-7H,3H2,1-2H3. The van der Waals surface area contributed by atoms with Gasteiger partial charge in [-0.2, -0.15) is 0 Å². The predicted octanol–water partition coefficient (Wildman–Crippen LogP) is 1.53. The number of hydrogen-bond acceptors (Lipinski definition) is 3. The molecule has 0 atom stereocenters. The summed E-state index contributed by atoms with van der Waals surface area (Å²) >= 11 is 0. The third-order valence-electron chi connectivity index (χ3n) is 2.13. The summed E-state index contributed by atoms with van der Waals surface area (Å²) in [5, 5.41) is 0. The van der Waals surface area contributed by atoms with Gasteiger partial charge in [0.05, 0.1) is 18.1 Å². The molecule has 0 saturated carbocycles. The predicted molar refractivity (Wildman–Crippen MR) is 53.3 cm³/mol. The van der Waals surface area contributed by atoms with Crippen LogP contribution in [0.1, 0.15) is 18.4 Å². The third-order valence-corrected chi connectivity index (χ3v) is 2.13. The topological polar surface area (TPSA) is 43.6 Å². The van der Waals surface area contributed by atoms with Crippen molar-refractivity contribution in [2.45, 2.75) is 20.3 Å². The van der Waals surface area contributed by atoms with Crippen molar-refractivity contribution in [2.24, 2.45) is 0 Å². The molecule has 0 unspecified atom stereocenters. The van der Waals surface area contributed by atoms with Gasteiger partial charge in [-0.3, -0.25) is 9.55 Å². The van der Waals surface area contributed by atoms with Gasteiger partial charge in [0.15, 0.2) is 5.82 Å². The van der Waals surface area contributed by atoms with Gasteiger partial charge in [-0.05, 0) is 13.3 Å². The van der Waals surface area contributed by atoms with Crippen molar-refractivity contribution in [3.05, 3.63) is 36.3 Å². The zero-order valence-corrected chi connectivity index (χ0v) is 8.31. The first-order chi connectivity index (χ1) is 6.81. The zero-order valence-electron chi connectivity index (χ0n) is 8.31. The molecule has 0 radical (unpaired) electrons. The number of hydrogen-bond donors (Lipinski definition) is 0. The minimum absolute atomic E-state index is 0.817. The molecular formula is C10H12N4. The summed E-state index contributed by atoms with van der Waals surface area (Å²) in [6, 6.07) is 0. The summed E-state index contributed by atoms with van der Waals surface area (Å²) < 4.78 is 1.91. The van der Waals surface area contributed by atoms with E-state index in [0.29, 0.717) is 0 Å². The van der Waals surface area contributed by atoms with Crippen LogP contribution in [-0.2, 0) is 6.42 Å². The lowest BCUT2D eigenvalue weighted by atomic mass is 10.3. The first kappa shape index (κ1) is 8.87. The molecule has 0 N–H and O–H groups in total. The molecule has 2 aromatic heterocycles. The van der Waals surface area contributed by atoms with Crippen LogP contribution in [0.3, 0.4) is 0 Å². The molecule has 72 valence electrons. The van der Waals surface area contributed by atoms with E-state index in [4.69, 9.17) is 0 Å². The van der Waals surface area contributed by atoms with E-state index in [9.17, 15) is 0 Å². The number of nitrogens with zero attached hydrogens (tertiary/aromatic N) is 4. The van der Waals surface area contributed by atoms with Crippen molar-refractivity contribution >= 4 is 0 Å². The van der Waals surface area contributed by atoms with E-state index in [0.717, 1.165) is 23.8 Å². The molecule has 0 aliphatic rings. The Bertz CT molecular complexity index is 416. The highest BCUT2D eigenvalue weighted by Gasteiger charge is 2.01. The van der Waals surface area contributed by atoms with E-state index < -0.39 is 0 Å². The third kappa shape index (κ3) is 1.51. The largest absolute Gasteiger partial charge is 0.287 e. The summed E-state index contributed by atoms with van der Waals surface area (Å²) in [5.74, 6) is 1.74. The molecule has 0 aliphatic carbocycles. The van der Waals surface area contributed by atoms with Gasteiger partial charge in [-0.15, -0.1) is 0 Å². The fraction of sp³-hybridized carbons (Fsp3) is 0.300. The monoisotopic (exact) mass is 188 g/mol. The maximum Gasteiger partial charge on any atom is 0.156 e. The molecule has 2 aromatic rings.